The fourth-order valence-corrected chi connectivity index (χ4v) is 9.78. The van der Waals surface area contributed by atoms with Gasteiger partial charge >= 0.3 is 18.1 Å². The molecule has 4 N–H and O–H groups in total. The molecule has 9 nitrogen and oxygen atoms in total. The van der Waals surface area contributed by atoms with Crippen molar-refractivity contribution in [3.63, 3.8) is 0 Å². The fourth-order valence-electron chi connectivity index (χ4n) is 9.78. The van der Waals surface area contributed by atoms with Gasteiger partial charge in [-0.05, 0) is 95.3 Å². The summed E-state index contributed by atoms with van der Waals surface area (Å²) in [5, 5.41) is 13.4. The third-order valence-corrected chi connectivity index (χ3v) is 11.1. The highest BCUT2D eigenvalue weighted by Crippen LogP contribution is 2.46. The van der Waals surface area contributed by atoms with E-state index in [9.17, 15) is 14.4 Å². The molecule has 1 saturated carbocycles. The number of hydrogen-bond donors (Lipinski definition) is 4. The van der Waals surface area contributed by atoms with Crippen molar-refractivity contribution in [3.8, 4) is 11.5 Å². The summed E-state index contributed by atoms with van der Waals surface area (Å²) in [6.07, 6.45) is 5.15. The van der Waals surface area contributed by atoms with E-state index in [0.29, 0.717) is 30.9 Å². The van der Waals surface area contributed by atoms with Crippen molar-refractivity contribution in [2.45, 2.75) is 176 Å². The predicted octanol–water partition coefficient (Wildman–Crippen LogP) is 9.86. The maximum Gasteiger partial charge on any atom is 0.412 e. The van der Waals surface area contributed by atoms with Gasteiger partial charge in [-0.2, -0.15) is 0 Å². The zero-order valence-corrected chi connectivity index (χ0v) is 37.2. The summed E-state index contributed by atoms with van der Waals surface area (Å²) in [6, 6.07) is 8.01. The number of ether oxygens (including phenoxy) is 2. The lowest BCUT2D eigenvalue weighted by Gasteiger charge is -2.47. The van der Waals surface area contributed by atoms with E-state index >= 15 is 0 Å². The van der Waals surface area contributed by atoms with Crippen LogP contribution in [0, 0.1) is 24.7 Å². The Morgan fingerprint density at radius 1 is 0.750 bits per heavy atom. The molecule has 3 amide bonds. The van der Waals surface area contributed by atoms with Crippen LogP contribution in [0.1, 0.15) is 155 Å². The monoisotopic (exact) mass is 773 g/mol. The Kier molecular flexibility index (Phi) is 13.0. The molecule has 2 aromatic rings. The summed E-state index contributed by atoms with van der Waals surface area (Å²) in [4.78, 5) is 39.9. The molecular weight excluding hydrogens is 701 g/mol. The number of amides is 3. The molecule has 2 unspecified atom stereocenters. The van der Waals surface area contributed by atoms with Crippen molar-refractivity contribution in [2.75, 3.05) is 6.54 Å². The number of carbonyl (C=O) groups is 3. The minimum atomic E-state index is -0.524. The number of esters is 1. The molecule has 2 atom stereocenters. The summed E-state index contributed by atoms with van der Waals surface area (Å²) in [7, 11) is 0. The van der Waals surface area contributed by atoms with Crippen LogP contribution >= 0.6 is 0 Å². The molecule has 1 saturated heterocycles. The topological polar surface area (TPSA) is 118 Å². The smallest absolute Gasteiger partial charge is 0.412 e. The number of rotatable bonds is 9. The van der Waals surface area contributed by atoms with E-state index in [4.69, 9.17) is 9.47 Å². The van der Waals surface area contributed by atoms with Gasteiger partial charge < -0.3 is 30.7 Å². The maximum absolute atomic E-state index is 14.1. The van der Waals surface area contributed by atoms with Gasteiger partial charge in [-0.3, -0.25) is 0 Å². The fraction of sp³-hybridized carbons (Fsp3) is 0.638. The van der Waals surface area contributed by atoms with Crippen molar-refractivity contribution in [3.05, 3.63) is 70.3 Å². The lowest BCUT2D eigenvalue weighted by Crippen LogP contribution is -2.63. The standard InChI is InChI=1S/C47H72N4O5/c1-17-37(52)55-38-31(18-29(2)20-35(38)42(4,5)6)22-32-19-30(3)21-36(43(7,8)9)39(32)56-41(54)50-33-23-44(10,11)27-47(16,26-33)28-48-40(53)49-34-24-45(12,13)51-46(14,15)25-34/h17-21,33-34,51H,1,22-28H2,2-16H3,(H,50,54)(H2,48,49,53). The number of nitrogens with one attached hydrogen (secondary N) is 4. The van der Waals surface area contributed by atoms with Crippen molar-refractivity contribution in [1.29, 1.82) is 0 Å². The molecule has 0 radical (unpaired) electrons. The highest BCUT2D eigenvalue weighted by molar-refractivity contribution is 5.84. The SMILES string of the molecule is C=CC(=O)Oc1c(Cc2cc(C)cc(C(C)(C)C)c2OC(=O)NC2CC(C)(C)CC(C)(CNC(=O)NC3CC(C)(C)NC(C)(C)C3)C2)cc(C)cc1C(C)(C)C. The molecule has 2 aromatic carbocycles. The second kappa shape index (κ2) is 16.2. The van der Waals surface area contributed by atoms with Crippen LogP contribution in [0.3, 0.4) is 0 Å². The van der Waals surface area contributed by atoms with E-state index < -0.39 is 12.1 Å². The molecule has 0 aromatic heterocycles. The van der Waals surface area contributed by atoms with Crippen molar-refractivity contribution < 1.29 is 23.9 Å². The highest BCUT2D eigenvalue weighted by atomic mass is 16.6. The summed E-state index contributed by atoms with van der Waals surface area (Å²) < 4.78 is 12.3. The van der Waals surface area contributed by atoms with Crippen LogP contribution in [0.4, 0.5) is 9.59 Å². The highest BCUT2D eigenvalue weighted by Gasteiger charge is 2.43. The van der Waals surface area contributed by atoms with E-state index in [-0.39, 0.29) is 50.9 Å². The molecule has 2 fully saturated rings. The number of benzene rings is 2. The summed E-state index contributed by atoms with van der Waals surface area (Å²) in [6.45, 7) is 36.2. The Morgan fingerprint density at radius 2 is 1.23 bits per heavy atom. The van der Waals surface area contributed by atoms with Crippen LogP contribution in [0.25, 0.3) is 0 Å². The number of aryl methyl sites for hydroxylation is 2. The molecule has 310 valence electrons. The molecular formula is C47H72N4O5. The molecule has 1 heterocycles. The first kappa shape index (κ1) is 44.9. The molecule has 4 rings (SSSR count). The summed E-state index contributed by atoms with van der Waals surface area (Å²) in [5.41, 5.74) is 4.47. The Morgan fingerprint density at radius 3 is 1.71 bits per heavy atom. The third-order valence-electron chi connectivity index (χ3n) is 11.1. The first-order chi connectivity index (χ1) is 25.5. The Hall–Kier alpha value is -3.85. The summed E-state index contributed by atoms with van der Waals surface area (Å²) >= 11 is 0. The number of hydrogen-bond acceptors (Lipinski definition) is 6. The average Bonchev–Trinajstić information content (AvgIpc) is 2.98. The van der Waals surface area contributed by atoms with Crippen LogP contribution in [0.2, 0.25) is 0 Å². The number of urea groups is 1. The lowest BCUT2D eigenvalue weighted by molar-refractivity contribution is -0.129. The van der Waals surface area contributed by atoms with Gasteiger partial charge in [-0.15, -0.1) is 0 Å². The maximum atomic E-state index is 14.1. The predicted molar refractivity (Wildman–Crippen MR) is 228 cm³/mol. The van der Waals surface area contributed by atoms with Crippen LogP contribution in [0.5, 0.6) is 11.5 Å². The van der Waals surface area contributed by atoms with E-state index in [1.165, 1.54) is 6.08 Å². The summed E-state index contributed by atoms with van der Waals surface area (Å²) in [5.74, 6) is 0.502. The molecule has 1 aliphatic carbocycles. The first-order valence-electron chi connectivity index (χ1n) is 20.4. The Labute approximate surface area is 337 Å². The molecule has 0 bridgehead atoms. The number of carbonyl (C=O) groups excluding carboxylic acids is 3. The van der Waals surface area contributed by atoms with E-state index in [1.54, 1.807) is 0 Å². The van der Waals surface area contributed by atoms with Crippen LogP contribution in [-0.4, -0.2) is 47.8 Å². The van der Waals surface area contributed by atoms with Crippen LogP contribution < -0.4 is 30.7 Å². The van der Waals surface area contributed by atoms with Gasteiger partial charge in [0.15, 0.2) is 0 Å². The van der Waals surface area contributed by atoms with E-state index in [0.717, 1.165) is 59.1 Å². The zero-order valence-electron chi connectivity index (χ0n) is 37.2. The van der Waals surface area contributed by atoms with Gasteiger partial charge in [0.2, 0.25) is 0 Å². The van der Waals surface area contributed by atoms with Crippen LogP contribution in [-0.2, 0) is 22.0 Å². The van der Waals surface area contributed by atoms with Gasteiger partial charge in [-0.25, -0.2) is 14.4 Å². The molecule has 9 heteroatoms. The average molecular weight is 773 g/mol. The quantitative estimate of drug-likeness (QED) is 0.115. The molecule has 1 aliphatic heterocycles. The molecule has 0 spiro atoms. The van der Waals surface area contributed by atoms with Crippen molar-refractivity contribution in [2.24, 2.45) is 10.8 Å². The third kappa shape index (κ3) is 12.1. The molecule has 56 heavy (non-hydrogen) atoms. The minimum absolute atomic E-state index is 0.0703. The second-order valence-electron chi connectivity index (χ2n) is 21.5. The second-order valence-corrected chi connectivity index (χ2v) is 21.5. The van der Waals surface area contributed by atoms with Crippen molar-refractivity contribution in [1.82, 2.24) is 21.3 Å². The lowest BCUT2D eigenvalue weighted by atomic mass is 9.62. The minimum Gasteiger partial charge on any atom is -0.423 e. The van der Waals surface area contributed by atoms with Crippen LogP contribution in [0.15, 0.2) is 36.9 Å². The largest absolute Gasteiger partial charge is 0.423 e. The zero-order chi connectivity index (χ0) is 42.2. The van der Waals surface area contributed by atoms with Gasteiger partial charge in [0, 0.05) is 64.5 Å². The normalized spacial score (nSPS) is 22.1. The van der Waals surface area contributed by atoms with E-state index in [2.05, 4.69) is 136 Å². The van der Waals surface area contributed by atoms with Gasteiger partial charge in [0.05, 0.1) is 0 Å². The van der Waals surface area contributed by atoms with Gasteiger partial charge in [0.1, 0.15) is 11.5 Å². The van der Waals surface area contributed by atoms with Gasteiger partial charge in [0.25, 0.3) is 0 Å². The molecule has 2 aliphatic rings. The van der Waals surface area contributed by atoms with E-state index in [1.807, 2.05) is 19.9 Å². The number of piperidine rings is 1. The Bertz CT molecular complexity index is 1800. The van der Waals surface area contributed by atoms with Crippen molar-refractivity contribution >= 4 is 18.1 Å². The Balaban J connectivity index is 1.58. The first-order valence-corrected chi connectivity index (χ1v) is 20.4. The van der Waals surface area contributed by atoms with Gasteiger partial charge in [-0.1, -0.05) is 104 Å².